The molecule has 0 spiro atoms. The number of alkyl halides is 3. The number of phenols is 1. The molecule has 0 unspecified atom stereocenters. The zero-order chi connectivity index (χ0) is 10.8. The summed E-state index contributed by atoms with van der Waals surface area (Å²) in [5, 5.41) is 9.15. The van der Waals surface area contributed by atoms with Gasteiger partial charge in [0.25, 0.3) is 0 Å². The monoisotopic (exact) mass is 208 g/mol. The fourth-order valence-corrected chi connectivity index (χ4v) is 0.952. The van der Waals surface area contributed by atoms with Crippen molar-refractivity contribution in [1.82, 2.24) is 0 Å². The first-order valence-corrected chi connectivity index (χ1v) is 3.71. The van der Waals surface area contributed by atoms with Gasteiger partial charge in [0.2, 0.25) is 5.69 Å². The van der Waals surface area contributed by atoms with E-state index < -0.39 is 11.7 Å². The Bertz CT molecular complexity index is 325. The number of quaternary nitrogens is 1. The van der Waals surface area contributed by atoms with E-state index in [1.807, 2.05) is 0 Å². The van der Waals surface area contributed by atoms with Crippen LogP contribution in [0.4, 0.5) is 18.9 Å². The van der Waals surface area contributed by atoms with Gasteiger partial charge in [0.05, 0.1) is 12.7 Å². The maximum atomic E-state index is 12.2. The zero-order valence-electron chi connectivity index (χ0n) is 7.30. The van der Waals surface area contributed by atoms with Crippen LogP contribution in [0.3, 0.4) is 0 Å². The summed E-state index contributed by atoms with van der Waals surface area (Å²) in [5.74, 6) is -0.250. The Morgan fingerprint density at radius 3 is 2.50 bits per heavy atom. The van der Waals surface area contributed by atoms with Crippen molar-refractivity contribution in [1.29, 1.82) is 0 Å². The molecule has 0 heterocycles. The maximum absolute atomic E-state index is 12.2. The van der Waals surface area contributed by atoms with Crippen molar-refractivity contribution in [2.24, 2.45) is 0 Å². The highest BCUT2D eigenvalue weighted by atomic mass is 19.4. The molecule has 0 fully saturated rings. The van der Waals surface area contributed by atoms with Gasteiger partial charge in [-0.1, -0.05) is 0 Å². The first kappa shape index (κ1) is 10.8. The molecule has 1 aromatic rings. The van der Waals surface area contributed by atoms with Crippen LogP contribution in [0.25, 0.3) is 0 Å². The summed E-state index contributed by atoms with van der Waals surface area (Å²) in [7, 11) is 1.29. The van der Waals surface area contributed by atoms with Gasteiger partial charge in [-0.15, -0.1) is 0 Å². The third kappa shape index (κ3) is 2.36. The SMILES string of the molecule is CO[NH2+]c1cc(C(F)(F)F)ccc1O. The molecule has 0 amide bonds. The van der Waals surface area contributed by atoms with Crippen molar-refractivity contribution in [3.63, 3.8) is 0 Å². The molecule has 0 bridgehead atoms. The normalized spacial score (nSPS) is 11.7. The highest BCUT2D eigenvalue weighted by Gasteiger charge is 2.31. The molecule has 3 nitrogen and oxygen atoms in total. The second-order valence-electron chi connectivity index (χ2n) is 2.62. The number of phenolic OH excluding ortho intramolecular Hbond substituents is 1. The van der Waals surface area contributed by atoms with E-state index in [9.17, 15) is 13.2 Å². The van der Waals surface area contributed by atoms with Gasteiger partial charge in [-0.3, -0.25) is 0 Å². The van der Waals surface area contributed by atoms with Crippen LogP contribution in [0, 0.1) is 0 Å². The average molecular weight is 208 g/mol. The van der Waals surface area contributed by atoms with Crippen LogP contribution in [0.1, 0.15) is 5.56 Å². The first-order valence-electron chi connectivity index (χ1n) is 3.71. The Morgan fingerprint density at radius 2 is 2.00 bits per heavy atom. The standard InChI is InChI=1S/C8H8F3NO2/c1-14-12-6-4-5(8(9,10)11)2-3-7(6)13/h2-4,12-13H,1H3/p+1. The minimum absolute atomic E-state index is 0.00215. The third-order valence-corrected chi connectivity index (χ3v) is 1.60. The van der Waals surface area contributed by atoms with Gasteiger partial charge in [-0.05, 0) is 12.1 Å². The lowest BCUT2D eigenvalue weighted by atomic mass is 10.2. The Balaban J connectivity index is 3.06. The van der Waals surface area contributed by atoms with E-state index >= 15 is 0 Å². The van der Waals surface area contributed by atoms with Crippen molar-refractivity contribution < 1.29 is 28.6 Å². The molecule has 0 saturated heterocycles. The molecular formula is C8H9F3NO2+. The van der Waals surface area contributed by atoms with E-state index in [1.54, 1.807) is 0 Å². The van der Waals surface area contributed by atoms with Crippen LogP contribution in [0.5, 0.6) is 5.75 Å². The summed E-state index contributed by atoms with van der Waals surface area (Å²) in [5.41, 5.74) is 0.228. The van der Waals surface area contributed by atoms with E-state index in [-0.39, 0.29) is 11.4 Å². The summed E-state index contributed by atoms with van der Waals surface area (Å²) < 4.78 is 36.6. The molecule has 0 aromatic heterocycles. The molecule has 0 aliphatic heterocycles. The minimum atomic E-state index is -4.41. The number of benzene rings is 1. The Labute approximate surface area is 78.1 Å². The van der Waals surface area contributed by atoms with Crippen molar-refractivity contribution >= 4 is 5.69 Å². The van der Waals surface area contributed by atoms with Gasteiger partial charge in [-0.2, -0.15) is 18.7 Å². The second kappa shape index (κ2) is 3.85. The van der Waals surface area contributed by atoms with Gasteiger partial charge in [0, 0.05) is 6.07 Å². The summed E-state index contributed by atoms with van der Waals surface area (Å²) in [6.45, 7) is 0. The average Bonchev–Trinajstić information content (AvgIpc) is 2.07. The van der Waals surface area contributed by atoms with Gasteiger partial charge in [0.1, 0.15) is 0 Å². The minimum Gasteiger partial charge on any atom is -0.503 e. The fraction of sp³-hybridized carbons (Fsp3) is 0.250. The lowest BCUT2D eigenvalue weighted by Crippen LogP contribution is -2.76. The predicted molar refractivity (Wildman–Crippen MR) is 41.7 cm³/mol. The number of aromatic hydroxyl groups is 1. The molecule has 1 aromatic carbocycles. The molecular weight excluding hydrogens is 199 g/mol. The van der Waals surface area contributed by atoms with E-state index in [2.05, 4.69) is 4.84 Å². The first-order chi connectivity index (χ1) is 6.45. The number of rotatable bonds is 2. The lowest BCUT2D eigenvalue weighted by molar-refractivity contribution is -0.830. The van der Waals surface area contributed by atoms with Crippen LogP contribution in [-0.2, 0) is 11.0 Å². The molecule has 0 saturated carbocycles. The van der Waals surface area contributed by atoms with Gasteiger partial charge in [-0.25, -0.2) is 4.84 Å². The number of nitrogens with two attached hydrogens (primary N) is 1. The quantitative estimate of drug-likeness (QED) is 0.435. The maximum Gasteiger partial charge on any atom is 0.416 e. The van der Waals surface area contributed by atoms with Crippen molar-refractivity contribution in [3.8, 4) is 5.75 Å². The van der Waals surface area contributed by atoms with Gasteiger partial charge < -0.3 is 5.11 Å². The van der Waals surface area contributed by atoms with E-state index in [0.29, 0.717) is 0 Å². The number of hydrogen-bond donors (Lipinski definition) is 2. The van der Waals surface area contributed by atoms with E-state index in [1.165, 1.54) is 7.11 Å². The summed E-state index contributed by atoms with van der Waals surface area (Å²) in [6.07, 6.45) is -4.41. The fourth-order valence-electron chi connectivity index (χ4n) is 0.952. The molecule has 0 atom stereocenters. The second-order valence-corrected chi connectivity index (χ2v) is 2.62. The molecule has 6 heteroatoms. The summed E-state index contributed by atoms with van der Waals surface area (Å²) in [4.78, 5) is 4.52. The molecule has 1 rings (SSSR count). The van der Waals surface area contributed by atoms with Crippen LogP contribution in [-0.4, -0.2) is 12.2 Å². The highest BCUT2D eigenvalue weighted by Crippen LogP contribution is 2.32. The van der Waals surface area contributed by atoms with Crippen molar-refractivity contribution in [2.45, 2.75) is 6.18 Å². The molecule has 0 radical (unpaired) electrons. The smallest absolute Gasteiger partial charge is 0.416 e. The summed E-state index contributed by atoms with van der Waals surface area (Å²) >= 11 is 0. The molecule has 0 aliphatic carbocycles. The van der Waals surface area contributed by atoms with Crippen LogP contribution >= 0.6 is 0 Å². The summed E-state index contributed by atoms with van der Waals surface area (Å²) in [6, 6.07) is 2.61. The number of halogens is 3. The Morgan fingerprint density at radius 1 is 1.36 bits per heavy atom. The van der Waals surface area contributed by atoms with Crippen LogP contribution in [0.2, 0.25) is 0 Å². The van der Waals surface area contributed by atoms with Gasteiger partial charge >= 0.3 is 6.18 Å². The van der Waals surface area contributed by atoms with E-state index in [4.69, 9.17) is 5.11 Å². The van der Waals surface area contributed by atoms with Crippen molar-refractivity contribution in [3.05, 3.63) is 23.8 Å². The zero-order valence-corrected chi connectivity index (χ0v) is 7.30. The number of hydrogen-bond acceptors (Lipinski definition) is 2. The van der Waals surface area contributed by atoms with Crippen molar-refractivity contribution in [2.75, 3.05) is 7.11 Å². The molecule has 0 aliphatic rings. The molecule has 3 N–H and O–H groups in total. The largest absolute Gasteiger partial charge is 0.503 e. The van der Waals surface area contributed by atoms with Gasteiger partial charge in [0.15, 0.2) is 5.75 Å². The van der Waals surface area contributed by atoms with Crippen LogP contribution < -0.4 is 5.48 Å². The third-order valence-electron chi connectivity index (χ3n) is 1.60. The lowest BCUT2D eigenvalue weighted by Gasteiger charge is -2.07. The molecule has 14 heavy (non-hydrogen) atoms. The predicted octanol–water partition coefficient (Wildman–Crippen LogP) is 1.17. The Hall–Kier alpha value is -1.27. The Kier molecular flexibility index (Phi) is 2.97. The molecule has 78 valence electrons. The topological polar surface area (TPSA) is 46.1 Å². The highest BCUT2D eigenvalue weighted by molar-refractivity contribution is 5.47. The van der Waals surface area contributed by atoms with E-state index in [0.717, 1.165) is 23.7 Å². The van der Waals surface area contributed by atoms with Crippen LogP contribution in [0.15, 0.2) is 18.2 Å².